The molecule has 0 saturated heterocycles. The summed E-state index contributed by atoms with van der Waals surface area (Å²) in [4.78, 5) is 27.4. The molecule has 0 aliphatic heterocycles. The fourth-order valence-electron chi connectivity index (χ4n) is 4.50. The van der Waals surface area contributed by atoms with Crippen LogP contribution in [0.15, 0.2) is 47.4 Å². The lowest BCUT2D eigenvalue weighted by Crippen LogP contribution is -2.38. The molecule has 3 aromatic rings. The number of hydrogen-bond donors (Lipinski definition) is 1. The van der Waals surface area contributed by atoms with Crippen LogP contribution in [0.5, 0.6) is 11.5 Å². The molecule has 1 N–H and O–H groups in total. The summed E-state index contributed by atoms with van der Waals surface area (Å²) >= 11 is 1.34. The standard InChI is InChI=1S/C28H32N2O7S2/c1-5-37-28(32)26-21-8-6-7-9-24(21)38-27(26)29-25(31)17-30(22-15-12-19(35-3)16-23(22)36-4)39(33,34)20-13-10-18(2)11-14-20/h10-16H,5-9,17H2,1-4H3,(H,29,31). The number of methoxy groups -OCH3 is 2. The van der Waals surface area contributed by atoms with Gasteiger partial charge in [0.2, 0.25) is 5.91 Å². The number of thiophene rings is 1. The van der Waals surface area contributed by atoms with E-state index >= 15 is 0 Å². The fraction of sp³-hybridized carbons (Fsp3) is 0.357. The van der Waals surface area contributed by atoms with E-state index in [2.05, 4.69) is 5.32 Å². The van der Waals surface area contributed by atoms with Gasteiger partial charge in [-0.3, -0.25) is 9.10 Å². The zero-order valence-corrected chi connectivity index (χ0v) is 24.0. The molecule has 1 heterocycles. The largest absolute Gasteiger partial charge is 0.497 e. The summed E-state index contributed by atoms with van der Waals surface area (Å²) < 4.78 is 44.7. The molecule has 1 aliphatic carbocycles. The Kier molecular flexibility index (Phi) is 8.81. The first-order valence-corrected chi connectivity index (χ1v) is 14.9. The van der Waals surface area contributed by atoms with Crippen molar-refractivity contribution in [2.45, 2.75) is 44.4 Å². The van der Waals surface area contributed by atoms with E-state index in [1.54, 1.807) is 31.2 Å². The number of fused-ring (bicyclic) bond motifs is 1. The minimum Gasteiger partial charge on any atom is -0.497 e. The van der Waals surface area contributed by atoms with Gasteiger partial charge >= 0.3 is 5.97 Å². The number of esters is 1. The Balaban J connectivity index is 1.73. The molecular weight excluding hydrogens is 540 g/mol. The van der Waals surface area contributed by atoms with Crippen LogP contribution in [0.1, 0.15) is 46.1 Å². The van der Waals surface area contributed by atoms with Crippen molar-refractivity contribution in [2.24, 2.45) is 0 Å². The molecule has 11 heteroatoms. The van der Waals surface area contributed by atoms with E-state index < -0.39 is 28.4 Å². The second kappa shape index (κ2) is 12.1. The van der Waals surface area contributed by atoms with Crippen LogP contribution in [-0.4, -0.2) is 47.7 Å². The fourth-order valence-corrected chi connectivity index (χ4v) is 7.22. The van der Waals surface area contributed by atoms with Crippen LogP contribution in [-0.2, 0) is 32.4 Å². The summed E-state index contributed by atoms with van der Waals surface area (Å²) in [6.07, 6.45) is 3.50. The van der Waals surface area contributed by atoms with E-state index in [-0.39, 0.29) is 22.9 Å². The van der Waals surface area contributed by atoms with Crippen molar-refractivity contribution >= 4 is 43.9 Å². The first-order chi connectivity index (χ1) is 18.7. The Bertz CT molecular complexity index is 1460. The average Bonchev–Trinajstić information content (AvgIpc) is 3.29. The van der Waals surface area contributed by atoms with Crippen LogP contribution in [0.4, 0.5) is 10.7 Å². The molecule has 0 bridgehead atoms. The number of carbonyl (C=O) groups is 2. The number of nitrogens with one attached hydrogen (secondary N) is 1. The summed E-state index contributed by atoms with van der Waals surface area (Å²) in [5, 5.41) is 3.18. The number of benzene rings is 2. The second-order valence-corrected chi connectivity index (χ2v) is 12.0. The zero-order chi connectivity index (χ0) is 28.2. The monoisotopic (exact) mass is 572 g/mol. The van der Waals surface area contributed by atoms with Crippen LogP contribution in [0, 0.1) is 6.92 Å². The molecule has 1 aromatic heterocycles. The highest BCUT2D eigenvalue weighted by Crippen LogP contribution is 2.39. The average molecular weight is 573 g/mol. The lowest BCUT2D eigenvalue weighted by Gasteiger charge is -2.26. The summed E-state index contributed by atoms with van der Waals surface area (Å²) in [7, 11) is -1.28. The quantitative estimate of drug-likeness (QED) is 0.342. The lowest BCUT2D eigenvalue weighted by molar-refractivity contribution is -0.114. The third-order valence-corrected chi connectivity index (χ3v) is 9.44. The molecule has 0 unspecified atom stereocenters. The highest BCUT2D eigenvalue weighted by Gasteiger charge is 2.32. The molecule has 208 valence electrons. The maximum atomic E-state index is 13.9. The molecule has 4 rings (SSSR count). The number of ether oxygens (including phenoxy) is 3. The van der Waals surface area contributed by atoms with Crippen molar-refractivity contribution < 1.29 is 32.2 Å². The van der Waals surface area contributed by atoms with Gasteiger partial charge in [0.25, 0.3) is 10.0 Å². The predicted octanol–water partition coefficient (Wildman–Crippen LogP) is 4.96. The Morgan fingerprint density at radius 3 is 2.41 bits per heavy atom. The number of hydrogen-bond acceptors (Lipinski definition) is 8. The minimum absolute atomic E-state index is 0.0255. The second-order valence-electron chi connectivity index (χ2n) is 9.05. The first kappa shape index (κ1) is 28.4. The number of aryl methyl sites for hydroxylation is 2. The maximum absolute atomic E-state index is 13.9. The molecular formula is C28H32N2O7S2. The smallest absolute Gasteiger partial charge is 0.341 e. The maximum Gasteiger partial charge on any atom is 0.341 e. The summed E-state index contributed by atoms with van der Waals surface area (Å²) in [5.74, 6) is -0.409. The summed E-state index contributed by atoms with van der Waals surface area (Å²) in [5.41, 5.74) is 2.33. The van der Waals surface area contributed by atoms with Gasteiger partial charge in [0.15, 0.2) is 0 Å². The highest BCUT2D eigenvalue weighted by molar-refractivity contribution is 7.92. The van der Waals surface area contributed by atoms with Gasteiger partial charge in [-0.05, 0) is 69.4 Å². The van der Waals surface area contributed by atoms with E-state index in [0.717, 1.165) is 46.0 Å². The van der Waals surface area contributed by atoms with Crippen molar-refractivity contribution in [3.8, 4) is 11.5 Å². The number of rotatable bonds is 10. The molecule has 0 spiro atoms. The topological polar surface area (TPSA) is 111 Å². The van der Waals surface area contributed by atoms with Crippen molar-refractivity contribution in [2.75, 3.05) is 37.0 Å². The molecule has 0 atom stereocenters. The number of carbonyl (C=O) groups excluding carboxylic acids is 2. The molecule has 39 heavy (non-hydrogen) atoms. The van der Waals surface area contributed by atoms with Crippen molar-refractivity contribution in [1.29, 1.82) is 0 Å². The van der Waals surface area contributed by atoms with E-state index in [0.29, 0.717) is 16.3 Å². The number of anilines is 2. The van der Waals surface area contributed by atoms with Crippen molar-refractivity contribution in [3.05, 3.63) is 64.0 Å². The van der Waals surface area contributed by atoms with E-state index in [9.17, 15) is 18.0 Å². The molecule has 1 aliphatic rings. The van der Waals surface area contributed by atoms with Crippen molar-refractivity contribution in [1.82, 2.24) is 0 Å². The summed E-state index contributed by atoms with van der Waals surface area (Å²) in [6.45, 7) is 3.24. The molecule has 2 aromatic carbocycles. The van der Waals surface area contributed by atoms with Crippen LogP contribution in [0.2, 0.25) is 0 Å². The molecule has 0 fully saturated rings. The minimum atomic E-state index is -4.18. The van der Waals surface area contributed by atoms with Crippen LogP contribution >= 0.6 is 11.3 Å². The number of sulfonamides is 1. The van der Waals surface area contributed by atoms with Crippen LogP contribution < -0.4 is 19.1 Å². The first-order valence-electron chi connectivity index (χ1n) is 12.6. The highest BCUT2D eigenvalue weighted by atomic mass is 32.2. The summed E-state index contributed by atoms with van der Waals surface area (Å²) in [6, 6.07) is 11.1. The van der Waals surface area contributed by atoms with Gasteiger partial charge in [-0.1, -0.05) is 17.7 Å². The number of nitrogens with zero attached hydrogens (tertiary/aromatic N) is 1. The van der Waals surface area contributed by atoms with Gasteiger partial charge in [-0.25, -0.2) is 13.2 Å². The van der Waals surface area contributed by atoms with E-state index in [1.165, 1.54) is 43.8 Å². The van der Waals surface area contributed by atoms with Crippen LogP contribution in [0.25, 0.3) is 0 Å². The number of amides is 1. The van der Waals surface area contributed by atoms with Gasteiger partial charge < -0.3 is 19.5 Å². The molecule has 0 radical (unpaired) electrons. The Morgan fingerprint density at radius 1 is 1.03 bits per heavy atom. The lowest BCUT2D eigenvalue weighted by atomic mass is 9.95. The molecule has 1 amide bonds. The van der Waals surface area contributed by atoms with Crippen molar-refractivity contribution in [3.63, 3.8) is 0 Å². The normalized spacial score (nSPS) is 12.8. The van der Waals surface area contributed by atoms with Gasteiger partial charge in [-0.2, -0.15) is 0 Å². The van der Waals surface area contributed by atoms with Gasteiger partial charge in [0, 0.05) is 10.9 Å². The SMILES string of the molecule is CCOC(=O)c1c(NC(=O)CN(c2ccc(OC)cc2OC)S(=O)(=O)c2ccc(C)cc2)sc2c1CCCC2. The van der Waals surface area contributed by atoms with Gasteiger partial charge in [0.05, 0.1) is 37.0 Å². The predicted molar refractivity (Wildman–Crippen MR) is 151 cm³/mol. The van der Waals surface area contributed by atoms with Crippen LogP contribution in [0.3, 0.4) is 0 Å². The third kappa shape index (κ3) is 6.04. The zero-order valence-electron chi connectivity index (χ0n) is 22.4. The molecule has 0 saturated carbocycles. The van der Waals surface area contributed by atoms with E-state index in [4.69, 9.17) is 14.2 Å². The van der Waals surface area contributed by atoms with Gasteiger partial charge in [0.1, 0.15) is 23.0 Å². The third-order valence-electron chi connectivity index (χ3n) is 6.46. The Hall–Kier alpha value is -3.57. The van der Waals surface area contributed by atoms with Gasteiger partial charge in [-0.15, -0.1) is 11.3 Å². The molecule has 9 nitrogen and oxygen atoms in total. The Morgan fingerprint density at radius 2 is 1.74 bits per heavy atom. The van der Waals surface area contributed by atoms with E-state index in [1.807, 2.05) is 6.92 Å². The Labute approximate surface area is 232 Å².